The van der Waals surface area contributed by atoms with E-state index < -0.39 is 0 Å². The molecule has 2 aromatic rings. The van der Waals surface area contributed by atoms with E-state index in [-0.39, 0.29) is 5.91 Å². The molecule has 1 amide bonds. The van der Waals surface area contributed by atoms with Crippen molar-refractivity contribution in [1.82, 2.24) is 14.5 Å². The van der Waals surface area contributed by atoms with E-state index in [1.54, 1.807) is 24.3 Å². The fourth-order valence-electron chi connectivity index (χ4n) is 2.40. The molecule has 2 heterocycles. The van der Waals surface area contributed by atoms with E-state index >= 15 is 0 Å². The Morgan fingerprint density at radius 3 is 2.65 bits per heavy atom. The highest BCUT2D eigenvalue weighted by molar-refractivity contribution is 6.30. The zero-order valence-electron chi connectivity index (χ0n) is 10.9. The van der Waals surface area contributed by atoms with Gasteiger partial charge in [-0.15, -0.1) is 0 Å². The molecular formula is C14H13Cl2N3O. The Morgan fingerprint density at radius 1 is 1.25 bits per heavy atom. The van der Waals surface area contributed by atoms with Crippen LogP contribution in [0.5, 0.6) is 0 Å². The predicted octanol–water partition coefficient (Wildman–Crippen LogP) is 2.93. The van der Waals surface area contributed by atoms with Crippen molar-refractivity contribution in [1.29, 1.82) is 0 Å². The largest absolute Gasteiger partial charge is 0.332 e. The summed E-state index contributed by atoms with van der Waals surface area (Å²) in [5.41, 5.74) is 2.63. The van der Waals surface area contributed by atoms with Gasteiger partial charge in [0.15, 0.2) is 0 Å². The topological polar surface area (TPSA) is 38.1 Å². The van der Waals surface area contributed by atoms with Crippen LogP contribution in [0.4, 0.5) is 0 Å². The number of carbonyl (C=O) groups excluding carboxylic acids is 1. The molecule has 104 valence electrons. The minimum Gasteiger partial charge on any atom is -0.332 e. The van der Waals surface area contributed by atoms with Crippen LogP contribution in [0.1, 0.15) is 21.7 Å². The SMILES string of the molecule is Cn1c(Cl)nc2c1CN(C(=O)c1ccc(Cl)cc1)CC2. The number of imidazole rings is 1. The Morgan fingerprint density at radius 2 is 1.95 bits per heavy atom. The van der Waals surface area contributed by atoms with Gasteiger partial charge >= 0.3 is 0 Å². The average Bonchev–Trinajstić information content (AvgIpc) is 2.74. The molecule has 1 aromatic heterocycles. The molecule has 3 rings (SSSR count). The molecule has 6 heteroatoms. The smallest absolute Gasteiger partial charge is 0.254 e. The molecule has 0 fully saturated rings. The second-order valence-electron chi connectivity index (χ2n) is 4.82. The molecule has 0 radical (unpaired) electrons. The zero-order valence-corrected chi connectivity index (χ0v) is 12.4. The number of halogens is 2. The number of hydrogen-bond acceptors (Lipinski definition) is 2. The van der Waals surface area contributed by atoms with Gasteiger partial charge in [-0.1, -0.05) is 11.6 Å². The standard InChI is InChI=1S/C14H13Cl2N3O/c1-18-12-8-19(7-6-11(12)17-14(18)16)13(20)9-2-4-10(15)5-3-9/h2-5H,6-8H2,1H3. The first-order valence-electron chi connectivity index (χ1n) is 6.31. The lowest BCUT2D eigenvalue weighted by Crippen LogP contribution is -2.36. The summed E-state index contributed by atoms with van der Waals surface area (Å²) in [5, 5.41) is 1.09. The molecule has 1 aliphatic heterocycles. The van der Waals surface area contributed by atoms with E-state index in [1.165, 1.54) is 0 Å². The Kier molecular flexibility index (Phi) is 3.44. The number of rotatable bonds is 1. The zero-order chi connectivity index (χ0) is 14.3. The van der Waals surface area contributed by atoms with E-state index in [0.717, 1.165) is 17.8 Å². The van der Waals surface area contributed by atoms with Crippen LogP contribution in [-0.4, -0.2) is 26.9 Å². The maximum Gasteiger partial charge on any atom is 0.254 e. The van der Waals surface area contributed by atoms with Crippen LogP contribution in [0.15, 0.2) is 24.3 Å². The van der Waals surface area contributed by atoms with E-state index in [2.05, 4.69) is 4.98 Å². The Balaban J connectivity index is 1.84. The van der Waals surface area contributed by atoms with Gasteiger partial charge in [0.05, 0.1) is 17.9 Å². The normalized spacial score (nSPS) is 14.2. The van der Waals surface area contributed by atoms with Crippen molar-refractivity contribution in [2.45, 2.75) is 13.0 Å². The summed E-state index contributed by atoms with van der Waals surface area (Å²) < 4.78 is 1.83. The van der Waals surface area contributed by atoms with E-state index in [1.807, 2.05) is 16.5 Å². The molecular weight excluding hydrogens is 297 g/mol. The van der Waals surface area contributed by atoms with Crippen LogP contribution in [0.3, 0.4) is 0 Å². The van der Waals surface area contributed by atoms with Crippen molar-refractivity contribution in [3.63, 3.8) is 0 Å². The molecule has 1 aliphatic rings. The van der Waals surface area contributed by atoms with Crippen molar-refractivity contribution in [2.75, 3.05) is 6.54 Å². The minimum atomic E-state index is 0.00430. The first-order chi connectivity index (χ1) is 9.56. The number of hydrogen-bond donors (Lipinski definition) is 0. The third-order valence-corrected chi connectivity index (χ3v) is 4.17. The Bertz CT molecular complexity index is 664. The molecule has 20 heavy (non-hydrogen) atoms. The fraction of sp³-hybridized carbons (Fsp3) is 0.286. The second kappa shape index (κ2) is 5.11. The molecule has 0 atom stereocenters. The summed E-state index contributed by atoms with van der Waals surface area (Å²) in [6.07, 6.45) is 0.731. The maximum absolute atomic E-state index is 12.5. The van der Waals surface area contributed by atoms with Crippen molar-refractivity contribution in [3.05, 3.63) is 51.5 Å². The number of carbonyl (C=O) groups is 1. The second-order valence-corrected chi connectivity index (χ2v) is 5.59. The van der Waals surface area contributed by atoms with Crippen molar-refractivity contribution >= 4 is 29.1 Å². The number of amides is 1. The predicted molar refractivity (Wildman–Crippen MR) is 78.1 cm³/mol. The molecule has 0 unspecified atom stereocenters. The van der Waals surface area contributed by atoms with Crippen molar-refractivity contribution < 1.29 is 4.79 Å². The third kappa shape index (κ3) is 2.30. The van der Waals surface area contributed by atoms with E-state index in [0.29, 0.717) is 29.0 Å². The first-order valence-corrected chi connectivity index (χ1v) is 7.06. The number of benzene rings is 1. The molecule has 0 saturated carbocycles. The van der Waals surface area contributed by atoms with Crippen LogP contribution in [0.2, 0.25) is 10.3 Å². The average molecular weight is 310 g/mol. The van der Waals surface area contributed by atoms with Gasteiger partial charge in [0.2, 0.25) is 5.28 Å². The lowest BCUT2D eigenvalue weighted by Gasteiger charge is -2.27. The first kappa shape index (κ1) is 13.5. The maximum atomic E-state index is 12.5. The highest BCUT2D eigenvalue weighted by Gasteiger charge is 2.25. The van der Waals surface area contributed by atoms with Crippen LogP contribution in [0.25, 0.3) is 0 Å². The van der Waals surface area contributed by atoms with Crippen LogP contribution < -0.4 is 0 Å². The van der Waals surface area contributed by atoms with Gasteiger partial charge in [-0.25, -0.2) is 4.98 Å². The van der Waals surface area contributed by atoms with Crippen molar-refractivity contribution in [2.24, 2.45) is 7.05 Å². The summed E-state index contributed by atoms with van der Waals surface area (Å²) in [5.74, 6) is 0.00430. The fourth-order valence-corrected chi connectivity index (χ4v) is 2.73. The Labute approximate surface area is 126 Å². The minimum absolute atomic E-state index is 0.00430. The van der Waals surface area contributed by atoms with Crippen LogP contribution in [-0.2, 0) is 20.0 Å². The van der Waals surface area contributed by atoms with Gasteiger partial charge in [-0.2, -0.15) is 0 Å². The molecule has 1 aromatic carbocycles. The van der Waals surface area contributed by atoms with E-state index in [4.69, 9.17) is 23.2 Å². The summed E-state index contributed by atoms with van der Waals surface area (Å²) in [4.78, 5) is 18.6. The summed E-state index contributed by atoms with van der Waals surface area (Å²) >= 11 is 11.9. The lowest BCUT2D eigenvalue weighted by molar-refractivity contribution is 0.0730. The molecule has 0 aliphatic carbocycles. The molecule has 0 spiro atoms. The van der Waals surface area contributed by atoms with Gasteiger partial charge in [-0.05, 0) is 35.9 Å². The molecule has 0 saturated heterocycles. The van der Waals surface area contributed by atoms with E-state index in [9.17, 15) is 4.79 Å². The summed E-state index contributed by atoms with van der Waals surface area (Å²) in [7, 11) is 1.87. The molecule has 0 N–H and O–H groups in total. The summed E-state index contributed by atoms with van der Waals surface area (Å²) in [6.45, 7) is 1.19. The number of nitrogens with zero attached hydrogens (tertiary/aromatic N) is 3. The van der Waals surface area contributed by atoms with Crippen molar-refractivity contribution in [3.8, 4) is 0 Å². The number of fused-ring (bicyclic) bond motifs is 1. The Hall–Kier alpha value is -1.52. The van der Waals surface area contributed by atoms with Gasteiger partial charge in [0, 0.05) is 30.6 Å². The third-order valence-electron chi connectivity index (χ3n) is 3.58. The molecule has 4 nitrogen and oxygen atoms in total. The molecule has 0 bridgehead atoms. The highest BCUT2D eigenvalue weighted by atomic mass is 35.5. The number of aromatic nitrogens is 2. The van der Waals surface area contributed by atoms with Gasteiger partial charge in [0.25, 0.3) is 5.91 Å². The summed E-state index contributed by atoms with van der Waals surface area (Å²) in [6, 6.07) is 6.95. The van der Waals surface area contributed by atoms with Crippen LogP contribution >= 0.6 is 23.2 Å². The quantitative estimate of drug-likeness (QED) is 0.812. The van der Waals surface area contributed by atoms with Crippen LogP contribution in [0, 0.1) is 0 Å². The van der Waals surface area contributed by atoms with Gasteiger partial charge < -0.3 is 9.47 Å². The highest BCUT2D eigenvalue weighted by Crippen LogP contribution is 2.23. The lowest BCUT2D eigenvalue weighted by atomic mass is 10.1. The van der Waals surface area contributed by atoms with Gasteiger partial charge in [0.1, 0.15) is 0 Å². The monoisotopic (exact) mass is 309 g/mol. The van der Waals surface area contributed by atoms with Gasteiger partial charge in [-0.3, -0.25) is 4.79 Å².